The summed E-state index contributed by atoms with van der Waals surface area (Å²) in [5, 5.41) is 10.1. The minimum atomic E-state index is -1.02. The number of aryl methyl sites for hydroxylation is 2. The summed E-state index contributed by atoms with van der Waals surface area (Å²) in [6.45, 7) is 12.0. The normalized spacial score (nSPS) is 18.2. The van der Waals surface area contributed by atoms with E-state index in [-0.39, 0.29) is 17.5 Å². The van der Waals surface area contributed by atoms with E-state index in [1.54, 1.807) is 36.7 Å². The van der Waals surface area contributed by atoms with E-state index in [4.69, 9.17) is 0 Å². The standard InChI is InChI=1S/C20H28N2O3S/c1-11-21-16-15(17(23)22(11)10-20(5,6)18(24)25)13-8-7-12(19(2,3)4)9-14(13)26-16/h12H,7-10H2,1-6H3,(H,24,25). The molecule has 2 aromatic rings. The average Bonchev–Trinajstić information content (AvgIpc) is 2.87. The molecule has 1 unspecified atom stereocenters. The number of aliphatic carboxylic acids is 1. The van der Waals surface area contributed by atoms with Crippen LogP contribution in [0.5, 0.6) is 0 Å². The smallest absolute Gasteiger partial charge is 0.310 e. The van der Waals surface area contributed by atoms with Gasteiger partial charge in [-0.2, -0.15) is 0 Å². The first-order valence-electron chi connectivity index (χ1n) is 9.17. The first-order valence-corrected chi connectivity index (χ1v) is 9.98. The second-order valence-corrected chi connectivity index (χ2v) is 10.3. The fourth-order valence-electron chi connectivity index (χ4n) is 3.75. The van der Waals surface area contributed by atoms with Gasteiger partial charge in [0.25, 0.3) is 5.56 Å². The molecule has 1 atom stereocenters. The molecule has 26 heavy (non-hydrogen) atoms. The molecule has 0 aromatic carbocycles. The molecule has 0 amide bonds. The van der Waals surface area contributed by atoms with Crippen molar-refractivity contribution in [2.24, 2.45) is 16.7 Å². The quantitative estimate of drug-likeness (QED) is 0.878. The van der Waals surface area contributed by atoms with Crippen molar-refractivity contribution >= 4 is 27.5 Å². The van der Waals surface area contributed by atoms with Crippen molar-refractivity contribution in [2.45, 2.75) is 67.3 Å². The first kappa shape index (κ1) is 19.1. The lowest BCUT2D eigenvalue weighted by atomic mass is 9.72. The van der Waals surface area contributed by atoms with Gasteiger partial charge in [-0.05, 0) is 56.9 Å². The number of rotatable bonds is 3. The lowest BCUT2D eigenvalue weighted by Gasteiger charge is -2.33. The zero-order valence-corrected chi connectivity index (χ0v) is 17.3. The Morgan fingerprint density at radius 3 is 2.54 bits per heavy atom. The number of fused-ring (bicyclic) bond motifs is 3. The van der Waals surface area contributed by atoms with Crippen molar-refractivity contribution in [1.82, 2.24) is 9.55 Å². The van der Waals surface area contributed by atoms with Gasteiger partial charge < -0.3 is 5.11 Å². The van der Waals surface area contributed by atoms with Gasteiger partial charge in [-0.25, -0.2) is 4.98 Å². The molecule has 1 aliphatic rings. The number of nitrogens with zero attached hydrogens (tertiary/aromatic N) is 2. The van der Waals surface area contributed by atoms with Gasteiger partial charge in [0.2, 0.25) is 0 Å². The third-order valence-electron chi connectivity index (χ3n) is 5.72. The number of aromatic nitrogens is 2. The molecule has 2 aromatic heterocycles. The zero-order chi connectivity index (χ0) is 19.4. The van der Waals surface area contributed by atoms with E-state index >= 15 is 0 Å². The number of carboxylic acid groups (broad SMARTS) is 1. The Kier molecular flexibility index (Phi) is 4.54. The lowest BCUT2D eigenvalue weighted by molar-refractivity contribution is -0.147. The van der Waals surface area contributed by atoms with Crippen LogP contribution < -0.4 is 5.56 Å². The summed E-state index contributed by atoms with van der Waals surface area (Å²) in [6.07, 6.45) is 2.98. The highest BCUT2D eigenvalue weighted by Gasteiger charge is 2.33. The summed E-state index contributed by atoms with van der Waals surface area (Å²) in [5.74, 6) is 0.282. The summed E-state index contributed by atoms with van der Waals surface area (Å²) in [4.78, 5) is 31.4. The molecule has 3 rings (SSSR count). The predicted octanol–water partition coefficient (Wildman–Crippen LogP) is 4.03. The molecule has 0 aliphatic heterocycles. The largest absolute Gasteiger partial charge is 0.481 e. The van der Waals surface area contributed by atoms with E-state index in [1.807, 2.05) is 0 Å². The molecule has 5 nitrogen and oxygen atoms in total. The fraction of sp³-hybridized carbons (Fsp3) is 0.650. The Balaban J connectivity index is 2.11. The molecule has 1 aliphatic carbocycles. The van der Waals surface area contributed by atoms with Crippen LogP contribution in [0.15, 0.2) is 4.79 Å². The van der Waals surface area contributed by atoms with Gasteiger partial charge in [0.1, 0.15) is 10.7 Å². The van der Waals surface area contributed by atoms with Gasteiger partial charge in [-0.15, -0.1) is 11.3 Å². The second-order valence-electron chi connectivity index (χ2n) is 9.23. The Bertz CT molecular complexity index is 931. The zero-order valence-electron chi connectivity index (χ0n) is 16.5. The molecule has 2 heterocycles. The minimum absolute atomic E-state index is 0.0893. The highest BCUT2D eigenvalue weighted by atomic mass is 32.1. The van der Waals surface area contributed by atoms with Gasteiger partial charge in [0.05, 0.1) is 10.8 Å². The number of carboxylic acids is 1. The van der Waals surface area contributed by atoms with Gasteiger partial charge >= 0.3 is 5.97 Å². The van der Waals surface area contributed by atoms with Crippen LogP contribution in [0, 0.1) is 23.7 Å². The van der Waals surface area contributed by atoms with Crippen LogP contribution in [-0.2, 0) is 24.2 Å². The maximum atomic E-state index is 13.2. The third kappa shape index (κ3) is 3.20. The van der Waals surface area contributed by atoms with Crippen molar-refractivity contribution in [3.63, 3.8) is 0 Å². The fourth-order valence-corrected chi connectivity index (χ4v) is 5.08. The van der Waals surface area contributed by atoms with Crippen LogP contribution in [0.3, 0.4) is 0 Å². The molecule has 0 saturated heterocycles. The topological polar surface area (TPSA) is 72.2 Å². The predicted molar refractivity (Wildman–Crippen MR) is 105 cm³/mol. The van der Waals surface area contributed by atoms with Crippen molar-refractivity contribution < 1.29 is 9.90 Å². The SMILES string of the molecule is Cc1nc2sc3c(c2c(=O)n1CC(C)(C)C(=O)O)CCC(C(C)(C)C)C3. The summed E-state index contributed by atoms with van der Waals surface area (Å²) in [5.41, 5.74) is 0.290. The van der Waals surface area contributed by atoms with Crippen LogP contribution in [0.1, 0.15) is 57.3 Å². The molecule has 1 N–H and O–H groups in total. The van der Waals surface area contributed by atoms with E-state index in [0.29, 0.717) is 17.1 Å². The van der Waals surface area contributed by atoms with Gasteiger partial charge in [0.15, 0.2) is 0 Å². The highest BCUT2D eigenvalue weighted by molar-refractivity contribution is 7.18. The number of hydrogen-bond acceptors (Lipinski definition) is 4. The van der Waals surface area contributed by atoms with Crippen molar-refractivity contribution in [2.75, 3.05) is 0 Å². The Hall–Kier alpha value is -1.69. The lowest BCUT2D eigenvalue weighted by Crippen LogP contribution is -2.35. The molecule has 0 saturated carbocycles. The minimum Gasteiger partial charge on any atom is -0.481 e. The number of hydrogen-bond donors (Lipinski definition) is 1. The molecule has 6 heteroatoms. The van der Waals surface area contributed by atoms with E-state index in [9.17, 15) is 14.7 Å². The molecule has 142 valence electrons. The van der Waals surface area contributed by atoms with Crippen LogP contribution in [0.2, 0.25) is 0 Å². The van der Waals surface area contributed by atoms with Crippen molar-refractivity contribution in [1.29, 1.82) is 0 Å². The summed E-state index contributed by atoms with van der Waals surface area (Å²) >= 11 is 1.64. The van der Waals surface area contributed by atoms with E-state index in [1.165, 1.54) is 4.88 Å². The molecular weight excluding hydrogens is 348 g/mol. The number of carbonyl (C=O) groups is 1. The van der Waals surface area contributed by atoms with Gasteiger partial charge in [0, 0.05) is 11.4 Å². The van der Waals surface area contributed by atoms with Gasteiger partial charge in [-0.1, -0.05) is 20.8 Å². The molecule has 0 radical (unpaired) electrons. The Morgan fingerprint density at radius 2 is 1.96 bits per heavy atom. The third-order valence-corrected chi connectivity index (χ3v) is 6.87. The first-order chi connectivity index (χ1) is 11.9. The summed E-state index contributed by atoms with van der Waals surface area (Å²) in [7, 11) is 0. The monoisotopic (exact) mass is 376 g/mol. The van der Waals surface area contributed by atoms with Crippen LogP contribution in [0.25, 0.3) is 10.2 Å². The summed E-state index contributed by atoms with van der Waals surface area (Å²) in [6, 6.07) is 0. The molecule has 0 bridgehead atoms. The molecule has 0 spiro atoms. The summed E-state index contributed by atoms with van der Waals surface area (Å²) < 4.78 is 1.54. The molecule has 0 fully saturated rings. The van der Waals surface area contributed by atoms with E-state index in [0.717, 1.165) is 29.7 Å². The Morgan fingerprint density at radius 1 is 1.31 bits per heavy atom. The van der Waals surface area contributed by atoms with Gasteiger partial charge in [-0.3, -0.25) is 14.2 Å². The Labute approximate surface area is 158 Å². The van der Waals surface area contributed by atoms with E-state index < -0.39 is 11.4 Å². The average molecular weight is 377 g/mol. The van der Waals surface area contributed by atoms with Crippen molar-refractivity contribution in [3.05, 3.63) is 26.6 Å². The second kappa shape index (κ2) is 6.19. The number of thiophene rings is 1. The highest BCUT2D eigenvalue weighted by Crippen LogP contribution is 2.42. The molecular formula is C20H28N2O3S. The maximum absolute atomic E-state index is 13.2. The van der Waals surface area contributed by atoms with Crippen LogP contribution in [-0.4, -0.2) is 20.6 Å². The van der Waals surface area contributed by atoms with Crippen molar-refractivity contribution in [3.8, 4) is 0 Å². The van der Waals surface area contributed by atoms with E-state index in [2.05, 4.69) is 25.8 Å². The van der Waals surface area contributed by atoms with Crippen LogP contribution >= 0.6 is 11.3 Å². The van der Waals surface area contributed by atoms with Crippen LogP contribution in [0.4, 0.5) is 0 Å². The maximum Gasteiger partial charge on any atom is 0.310 e.